The average Bonchev–Trinajstić information content (AvgIpc) is 2.40. The van der Waals surface area contributed by atoms with E-state index in [0.29, 0.717) is 17.0 Å². The first-order valence-electron chi connectivity index (χ1n) is 5.67. The van der Waals surface area contributed by atoms with Gasteiger partial charge in [0.25, 0.3) is 0 Å². The normalized spacial score (nSPS) is 22.2. The number of carbonyl (C=O) groups excluding carboxylic acids is 1. The zero-order chi connectivity index (χ0) is 12.5. The number of ether oxygens (including phenoxy) is 1. The van der Waals surface area contributed by atoms with Gasteiger partial charge in [0, 0.05) is 11.6 Å². The maximum atomic E-state index is 12.3. The number of esters is 1. The molecule has 2 atom stereocenters. The van der Waals surface area contributed by atoms with Gasteiger partial charge in [-0.05, 0) is 6.07 Å². The lowest BCUT2D eigenvalue weighted by Gasteiger charge is -2.34. The molecule has 1 aliphatic heterocycles. The van der Waals surface area contributed by atoms with E-state index in [1.807, 2.05) is 6.07 Å². The summed E-state index contributed by atoms with van der Waals surface area (Å²) in [4.78, 5) is 11.9. The van der Waals surface area contributed by atoms with Crippen LogP contribution < -0.4 is 9.80 Å². The molecule has 0 fully saturated rings. The van der Waals surface area contributed by atoms with Gasteiger partial charge in [-0.2, -0.15) is 0 Å². The molecular formula is C14H11NO3. The fraction of sp³-hybridized carbons (Fsp3) is 0.0714. The fourth-order valence-corrected chi connectivity index (χ4v) is 2.12. The molecule has 2 aromatic rings. The van der Waals surface area contributed by atoms with Crippen molar-refractivity contribution in [2.75, 3.05) is 0 Å². The molecule has 90 valence electrons. The summed E-state index contributed by atoms with van der Waals surface area (Å²) in [5.41, 5.74) is 1.13. The Balaban J connectivity index is 2.06. The molecule has 2 unspecified atom stereocenters. The first-order chi connectivity index (χ1) is 8.77. The molecule has 0 saturated heterocycles. The summed E-state index contributed by atoms with van der Waals surface area (Å²) in [5.74, 6) is -0.162. The number of quaternary nitrogens is 1. The number of para-hydroxylation sites is 2. The Morgan fingerprint density at radius 2 is 1.67 bits per heavy atom. The SMILES string of the molecule is O=C1Oc2ccccc2[NH+]([O-])C1c1ccccc1. The predicted molar refractivity (Wildman–Crippen MR) is 65.2 cm³/mol. The second-order valence-electron chi connectivity index (χ2n) is 4.13. The number of fused-ring (bicyclic) bond motifs is 1. The molecule has 1 aliphatic rings. The summed E-state index contributed by atoms with van der Waals surface area (Å²) in [5, 5.41) is 12.1. The van der Waals surface area contributed by atoms with Crippen molar-refractivity contribution >= 4 is 11.7 Å². The zero-order valence-electron chi connectivity index (χ0n) is 9.50. The lowest BCUT2D eigenvalue weighted by atomic mass is 10.0. The highest BCUT2D eigenvalue weighted by molar-refractivity contribution is 5.81. The van der Waals surface area contributed by atoms with Gasteiger partial charge in [-0.3, -0.25) is 0 Å². The Morgan fingerprint density at radius 1 is 1.00 bits per heavy atom. The van der Waals surface area contributed by atoms with E-state index in [1.54, 1.807) is 48.5 Å². The van der Waals surface area contributed by atoms with Gasteiger partial charge in [-0.1, -0.05) is 42.5 Å². The van der Waals surface area contributed by atoms with Crippen molar-refractivity contribution in [1.29, 1.82) is 0 Å². The quantitative estimate of drug-likeness (QED) is 0.466. The van der Waals surface area contributed by atoms with Crippen molar-refractivity contribution in [2.45, 2.75) is 6.04 Å². The smallest absolute Gasteiger partial charge is 0.376 e. The largest absolute Gasteiger partial charge is 0.628 e. The molecule has 0 aliphatic carbocycles. The van der Waals surface area contributed by atoms with E-state index in [0.717, 1.165) is 0 Å². The zero-order valence-corrected chi connectivity index (χ0v) is 9.50. The summed E-state index contributed by atoms with van der Waals surface area (Å²) in [7, 11) is 0. The van der Waals surface area contributed by atoms with Crippen molar-refractivity contribution in [3.05, 3.63) is 65.4 Å². The Labute approximate surface area is 104 Å². The molecule has 4 nitrogen and oxygen atoms in total. The Hall–Kier alpha value is -2.17. The van der Waals surface area contributed by atoms with Gasteiger partial charge in [0.05, 0.1) is 0 Å². The van der Waals surface area contributed by atoms with Gasteiger partial charge in [0.15, 0.2) is 11.4 Å². The van der Waals surface area contributed by atoms with Crippen LogP contribution in [0.15, 0.2) is 54.6 Å². The number of hydrogen-bond donors (Lipinski definition) is 1. The first-order valence-corrected chi connectivity index (χ1v) is 5.67. The number of nitrogens with one attached hydrogen (secondary N) is 1. The van der Waals surface area contributed by atoms with Gasteiger partial charge in [0.2, 0.25) is 6.04 Å². The maximum Gasteiger partial charge on any atom is 0.376 e. The number of hydroxylamine groups is 1. The molecule has 0 aromatic heterocycles. The van der Waals surface area contributed by atoms with Crippen LogP contribution in [-0.2, 0) is 4.79 Å². The minimum Gasteiger partial charge on any atom is -0.628 e. The average molecular weight is 241 g/mol. The van der Waals surface area contributed by atoms with E-state index in [-0.39, 0.29) is 5.06 Å². The number of rotatable bonds is 1. The van der Waals surface area contributed by atoms with Crippen LogP contribution in [0.1, 0.15) is 11.6 Å². The third kappa shape index (κ3) is 1.68. The van der Waals surface area contributed by atoms with Gasteiger partial charge >= 0.3 is 5.97 Å². The van der Waals surface area contributed by atoms with Crippen molar-refractivity contribution in [2.24, 2.45) is 0 Å². The van der Waals surface area contributed by atoms with Crippen molar-refractivity contribution < 1.29 is 14.6 Å². The summed E-state index contributed by atoms with van der Waals surface area (Å²) in [6, 6.07) is 14.9. The minimum absolute atomic E-state index is 0.201. The lowest BCUT2D eigenvalue weighted by Crippen LogP contribution is -3.04. The van der Waals surface area contributed by atoms with Crippen LogP contribution in [0, 0.1) is 5.21 Å². The topological polar surface area (TPSA) is 53.8 Å². The predicted octanol–water partition coefficient (Wildman–Crippen LogP) is 1.36. The Morgan fingerprint density at radius 3 is 2.44 bits per heavy atom. The Kier molecular flexibility index (Phi) is 2.59. The van der Waals surface area contributed by atoms with E-state index in [1.165, 1.54) is 0 Å². The van der Waals surface area contributed by atoms with Crippen LogP contribution in [-0.4, -0.2) is 5.97 Å². The van der Waals surface area contributed by atoms with E-state index >= 15 is 0 Å². The number of carbonyl (C=O) groups is 1. The van der Waals surface area contributed by atoms with Crippen LogP contribution in [0.2, 0.25) is 0 Å². The maximum absolute atomic E-state index is 12.3. The summed E-state index contributed by atoms with van der Waals surface area (Å²) < 4.78 is 5.21. The van der Waals surface area contributed by atoms with Gasteiger partial charge in [-0.25, -0.2) is 4.79 Å². The minimum atomic E-state index is -0.846. The van der Waals surface area contributed by atoms with Crippen LogP contribution >= 0.6 is 0 Å². The molecular weight excluding hydrogens is 230 g/mol. The van der Waals surface area contributed by atoms with E-state index in [9.17, 15) is 10.0 Å². The molecule has 1 heterocycles. The fourth-order valence-electron chi connectivity index (χ4n) is 2.12. The lowest BCUT2D eigenvalue weighted by molar-refractivity contribution is -0.805. The molecule has 2 aromatic carbocycles. The second kappa shape index (κ2) is 4.25. The van der Waals surface area contributed by atoms with E-state index < -0.39 is 12.0 Å². The van der Waals surface area contributed by atoms with Crippen LogP contribution in [0.25, 0.3) is 0 Å². The molecule has 0 saturated carbocycles. The molecule has 3 rings (SSSR count). The highest BCUT2D eigenvalue weighted by Gasteiger charge is 2.36. The third-order valence-corrected chi connectivity index (χ3v) is 2.99. The molecule has 0 spiro atoms. The third-order valence-electron chi connectivity index (χ3n) is 2.99. The molecule has 1 N–H and O–H groups in total. The van der Waals surface area contributed by atoms with E-state index in [2.05, 4.69) is 0 Å². The summed E-state index contributed by atoms with van der Waals surface area (Å²) in [6.07, 6.45) is 0. The summed E-state index contributed by atoms with van der Waals surface area (Å²) in [6.45, 7) is 0. The Bertz CT molecular complexity index is 583. The highest BCUT2D eigenvalue weighted by atomic mass is 16.6. The molecule has 0 amide bonds. The summed E-state index contributed by atoms with van der Waals surface area (Å²) >= 11 is 0. The van der Waals surface area contributed by atoms with Crippen molar-refractivity contribution in [3.8, 4) is 5.75 Å². The molecule has 0 bridgehead atoms. The van der Waals surface area contributed by atoms with Gasteiger partial charge < -0.3 is 15.0 Å². The second-order valence-corrected chi connectivity index (χ2v) is 4.13. The number of hydrogen-bond acceptors (Lipinski definition) is 3. The monoisotopic (exact) mass is 241 g/mol. The van der Waals surface area contributed by atoms with Gasteiger partial charge in [-0.15, -0.1) is 0 Å². The first kappa shape index (κ1) is 11.0. The van der Waals surface area contributed by atoms with E-state index in [4.69, 9.17) is 4.74 Å². The van der Waals surface area contributed by atoms with Gasteiger partial charge in [0.1, 0.15) is 0 Å². The van der Waals surface area contributed by atoms with Crippen LogP contribution in [0.3, 0.4) is 0 Å². The standard InChI is InChI=1S/C14H11NO3/c16-14-13(10-6-2-1-3-7-10)15(17)11-8-4-5-9-12(11)18-14/h1-9,13,15H. The van der Waals surface area contributed by atoms with Crippen molar-refractivity contribution in [1.82, 2.24) is 0 Å². The molecule has 18 heavy (non-hydrogen) atoms. The van der Waals surface area contributed by atoms with Crippen molar-refractivity contribution in [3.63, 3.8) is 0 Å². The molecule has 0 radical (unpaired) electrons. The highest BCUT2D eigenvalue weighted by Crippen LogP contribution is 2.28. The van der Waals surface area contributed by atoms with Crippen LogP contribution in [0.5, 0.6) is 5.75 Å². The number of benzene rings is 2. The molecule has 4 heteroatoms. The van der Waals surface area contributed by atoms with Crippen LogP contribution in [0.4, 0.5) is 5.69 Å².